The maximum atomic E-state index is 11.2. The van der Waals surface area contributed by atoms with E-state index in [1.165, 1.54) is 25.7 Å². The summed E-state index contributed by atoms with van der Waals surface area (Å²) in [5.74, 6) is -0.641. The van der Waals surface area contributed by atoms with Crippen LogP contribution in [0.2, 0.25) is 0 Å². The quantitative estimate of drug-likeness (QED) is 0.169. The van der Waals surface area contributed by atoms with Gasteiger partial charge in [0.25, 0.3) is 0 Å². The Labute approximate surface area is 159 Å². The van der Waals surface area contributed by atoms with Crippen LogP contribution < -0.4 is 0 Å². The van der Waals surface area contributed by atoms with Crippen molar-refractivity contribution < 1.29 is 13.6 Å². The third-order valence-corrected chi connectivity index (χ3v) is 3.82. The number of carbonyl (C=O) groups is 1. The summed E-state index contributed by atoms with van der Waals surface area (Å²) >= 11 is 0. The molecule has 2 nitrogen and oxygen atoms in total. The topological polar surface area (TPSA) is 26.3 Å². The molecule has 0 aliphatic carbocycles. The predicted molar refractivity (Wildman–Crippen MR) is 110 cm³/mol. The van der Waals surface area contributed by atoms with Gasteiger partial charge in [0.2, 0.25) is 0 Å². The molecule has 0 fully saturated rings. The Bertz CT molecular complexity index is 489. The molecule has 0 aromatic carbocycles. The number of carbonyl (C=O) groups excluding carboxylic acids is 1. The van der Waals surface area contributed by atoms with Gasteiger partial charge < -0.3 is 4.74 Å². The van der Waals surface area contributed by atoms with Gasteiger partial charge in [0.05, 0.1) is 11.2 Å². The minimum absolute atomic E-state index is 0.174. The van der Waals surface area contributed by atoms with Crippen LogP contribution in [0.15, 0.2) is 48.6 Å². The number of esters is 1. The van der Waals surface area contributed by atoms with Crippen LogP contribution in [-0.4, -0.2) is 13.0 Å². The van der Waals surface area contributed by atoms with Crippen LogP contribution in [0.3, 0.4) is 0 Å². The Morgan fingerprint density at radius 1 is 0.760 bits per heavy atom. The van der Waals surface area contributed by atoms with E-state index in [1.807, 2.05) is 0 Å². The molecule has 0 N–H and O–H groups in total. The van der Waals surface area contributed by atoms with Gasteiger partial charge in [0.15, 0.2) is 0 Å². The van der Waals surface area contributed by atoms with Crippen molar-refractivity contribution in [3.8, 4) is 0 Å². The minimum atomic E-state index is -2.62. The zero-order valence-electron chi connectivity index (χ0n) is 18.9. The lowest BCUT2D eigenvalue weighted by Gasteiger charge is -1.98. The van der Waals surface area contributed by atoms with Crippen molar-refractivity contribution in [3.63, 3.8) is 0 Å². The molecule has 0 atom stereocenters. The molecule has 0 rings (SSSR count). The van der Waals surface area contributed by atoms with Gasteiger partial charge in [0, 0.05) is 6.42 Å². The molecule has 25 heavy (non-hydrogen) atoms. The molecule has 0 unspecified atom stereocenters. The lowest BCUT2D eigenvalue weighted by atomic mass is 10.1. The number of hydrogen-bond acceptors (Lipinski definition) is 2. The number of methoxy groups -OCH3 is 1. The number of unbranched alkanes of at least 4 members (excludes halogenated alkanes) is 6. The fourth-order valence-corrected chi connectivity index (χ4v) is 2.32. The smallest absolute Gasteiger partial charge is 0.305 e. The molecule has 0 heterocycles. The maximum Gasteiger partial charge on any atom is 0.305 e. The highest BCUT2D eigenvalue weighted by molar-refractivity contribution is 5.68. The van der Waals surface area contributed by atoms with E-state index < -0.39 is 13.0 Å². The van der Waals surface area contributed by atoms with Crippen LogP contribution in [0, 0.1) is 0 Å². The van der Waals surface area contributed by atoms with Gasteiger partial charge in [-0.25, -0.2) is 0 Å². The highest BCUT2D eigenvalue weighted by Gasteiger charge is 1.97. The standard InChI is InChI=1S/C23H38O2/c1-3-4-5-6-7-8-9-10-11-12-13-14-15-16-17-18-19-20-21-22-23(24)25-2/h7-8,10-11,13-14,16-17H,3-6,9,12,15,18-22H2,1-2H3/b8-7-,11-10-,14-13-,17-16-/i2D3. The molecule has 142 valence electrons. The molecule has 0 aliphatic heterocycles. The summed E-state index contributed by atoms with van der Waals surface area (Å²) in [6.45, 7) is 2.23. The largest absolute Gasteiger partial charge is 0.469 e. The second-order valence-corrected chi connectivity index (χ2v) is 6.16. The lowest BCUT2D eigenvalue weighted by molar-refractivity contribution is -0.140. The van der Waals surface area contributed by atoms with Gasteiger partial charge in [-0.15, -0.1) is 0 Å². The number of allylic oxidation sites excluding steroid dienone is 8. The zero-order chi connectivity index (χ0) is 20.9. The highest BCUT2D eigenvalue weighted by Crippen LogP contribution is 2.05. The third-order valence-electron chi connectivity index (χ3n) is 3.82. The normalized spacial score (nSPS) is 14.5. The van der Waals surface area contributed by atoms with Crippen molar-refractivity contribution in [1.82, 2.24) is 0 Å². The second kappa shape index (κ2) is 20.5. The Kier molecular flexibility index (Phi) is 14.9. The first-order valence-corrected chi connectivity index (χ1v) is 9.77. The van der Waals surface area contributed by atoms with Gasteiger partial charge in [-0.2, -0.15) is 0 Å². The highest BCUT2D eigenvalue weighted by atomic mass is 16.5. The van der Waals surface area contributed by atoms with Gasteiger partial charge in [-0.3, -0.25) is 4.79 Å². The van der Waals surface area contributed by atoms with Gasteiger partial charge in [-0.05, 0) is 51.4 Å². The molecule has 0 aromatic heterocycles. The number of ether oxygens (including phenoxy) is 1. The van der Waals surface area contributed by atoms with Crippen molar-refractivity contribution in [3.05, 3.63) is 48.6 Å². The van der Waals surface area contributed by atoms with Crippen molar-refractivity contribution in [2.24, 2.45) is 0 Å². The molecule has 0 aromatic rings. The lowest BCUT2D eigenvalue weighted by Crippen LogP contribution is -1.98. The van der Waals surface area contributed by atoms with E-state index in [2.05, 4.69) is 60.3 Å². The molecule has 0 amide bonds. The molecule has 0 saturated heterocycles. The van der Waals surface area contributed by atoms with Crippen LogP contribution in [0.25, 0.3) is 0 Å². The van der Waals surface area contributed by atoms with E-state index in [4.69, 9.17) is 4.11 Å². The molecule has 2 heteroatoms. The maximum absolute atomic E-state index is 11.2. The first-order valence-electron chi connectivity index (χ1n) is 11.3. The fraction of sp³-hybridized carbons (Fsp3) is 0.609. The third kappa shape index (κ3) is 20.4. The molecule has 0 saturated carbocycles. The van der Waals surface area contributed by atoms with Gasteiger partial charge in [0.1, 0.15) is 0 Å². The van der Waals surface area contributed by atoms with E-state index in [-0.39, 0.29) is 6.42 Å². The van der Waals surface area contributed by atoms with Crippen LogP contribution in [0.5, 0.6) is 0 Å². The first kappa shape index (κ1) is 18.2. The summed E-state index contributed by atoms with van der Waals surface area (Å²) in [6, 6.07) is 0. The molecule has 0 radical (unpaired) electrons. The number of rotatable bonds is 16. The minimum Gasteiger partial charge on any atom is -0.469 e. The number of hydrogen-bond donors (Lipinski definition) is 0. The van der Waals surface area contributed by atoms with Gasteiger partial charge >= 0.3 is 5.97 Å². The Morgan fingerprint density at radius 3 is 1.80 bits per heavy atom. The summed E-state index contributed by atoms with van der Waals surface area (Å²) in [5, 5.41) is 0. The monoisotopic (exact) mass is 349 g/mol. The molecule has 0 spiro atoms. The predicted octanol–water partition coefficient (Wildman–Crippen LogP) is 7.09. The molecular weight excluding hydrogens is 308 g/mol. The fourth-order valence-electron chi connectivity index (χ4n) is 2.32. The summed E-state index contributed by atoms with van der Waals surface area (Å²) in [7, 11) is -2.62. The van der Waals surface area contributed by atoms with E-state index in [9.17, 15) is 4.79 Å². The van der Waals surface area contributed by atoms with E-state index in [1.54, 1.807) is 0 Å². The zero-order valence-corrected chi connectivity index (χ0v) is 15.9. The van der Waals surface area contributed by atoms with Crippen molar-refractivity contribution in [1.29, 1.82) is 0 Å². The van der Waals surface area contributed by atoms with Gasteiger partial charge in [-0.1, -0.05) is 74.8 Å². The van der Waals surface area contributed by atoms with Crippen LogP contribution in [0.4, 0.5) is 0 Å². The average molecular weight is 350 g/mol. The molecule has 0 bridgehead atoms. The first-order chi connectivity index (χ1) is 13.5. The van der Waals surface area contributed by atoms with E-state index in [0.717, 1.165) is 38.5 Å². The SMILES string of the molecule is [2H]C([2H])([2H])OC(=O)CCCCC/C=C\C/C=C\C/C=C\C/C=C\CCCCC. The van der Waals surface area contributed by atoms with Crippen molar-refractivity contribution >= 4 is 5.97 Å². The van der Waals surface area contributed by atoms with Crippen LogP contribution >= 0.6 is 0 Å². The summed E-state index contributed by atoms with van der Waals surface area (Å²) in [6.07, 6.45) is 29.4. The Balaban J connectivity index is 3.47. The second-order valence-electron chi connectivity index (χ2n) is 6.16. The summed E-state index contributed by atoms with van der Waals surface area (Å²) in [5.41, 5.74) is 0. The van der Waals surface area contributed by atoms with Crippen LogP contribution in [-0.2, 0) is 9.53 Å². The van der Waals surface area contributed by atoms with Crippen molar-refractivity contribution in [2.45, 2.75) is 84.0 Å². The van der Waals surface area contributed by atoms with Crippen LogP contribution in [0.1, 0.15) is 88.1 Å². The average Bonchev–Trinajstić information content (AvgIpc) is 2.62. The Hall–Kier alpha value is -1.57. The van der Waals surface area contributed by atoms with Crippen molar-refractivity contribution in [2.75, 3.05) is 7.04 Å². The molecule has 0 aliphatic rings. The Morgan fingerprint density at radius 2 is 1.28 bits per heavy atom. The molecular formula is C23H38O2. The van der Waals surface area contributed by atoms with E-state index in [0.29, 0.717) is 6.42 Å². The van der Waals surface area contributed by atoms with E-state index >= 15 is 0 Å². The summed E-state index contributed by atoms with van der Waals surface area (Å²) < 4.78 is 24.9. The summed E-state index contributed by atoms with van der Waals surface area (Å²) in [4.78, 5) is 11.2.